The minimum absolute atomic E-state index is 0.0910. The van der Waals surface area contributed by atoms with Crippen molar-refractivity contribution in [3.63, 3.8) is 0 Å². The molecule has 0 bridgehead atoms. The number of halogens is 1. The Labute approximate surface area is 182 Å². The number of benzene rings is 2. The molecule has 0 radical (unpaired) electrons. The number of hydrogen-bond acceptors (Lipinski definition) is 8. The molecule has 0 aliphatic carbocycles. The van der Waals surface area contributed by atoms with Crippen molar-refractivity contribution >= 4 is 26.0 Å². The molecule has 0 N–H and O–H groups in total. The third-order valence-corrected chi connectivity index (χ3v) is 6.72. The molecule has 0 amide bonds. The maximum absolute atomic E-state index is 12.9. The van der Waals surface area contributed by atoms with Crippen molar-refractivity contribution < 1.29 is 27.2 Å². The fraction of sp³-hybridized carbons (Fsp3) is 0.263. The standard InChI is InChI=1S/C19H20BrN3O6S/c1-23(30(24,25)13-6-8-15(26-2)14(20)10-13)11-18-21-19(22-29-18)12-5-7-16(27-3)17(9-12)28-4/h5-10H,11H2,1-4H3. The molecule has 2 aromatic carbocycles. The second-order valence-corrected chi connectivity index (χ2v) is 9.04. The zero-order valence-corrected chi connectivity index (χ0v) is 19.2. The first kappa shape index (κ1) is 22.1. The zero-order valence-electron chi connectivity index (χ0n) is 16.7. The molecule has 0 saturated heterocycles. The molecular formula is C19H20BrN3O6S. The molecule has 160 valence electrons. The van der Waals surface area contributed by atoms with Gasteiger partial charge in [0.15, 0.2) is 11.5 Å². The summed E-state index contributed by atoms with van der Waals surface area (Å²) in [7, 11) is 2.24. The van der Waals surface area contributed by atoms with Crippen LogP contribution in [0.15, 0.2) is 50.3 Å². The van der Waals surface area contributed by atoms with Crippen molar-refractivity contribution in [1.29, 1.82) is 0 Å². The highest BCUT2D eigenvalue weighted by Crippen LogP contribution is 2.32. The maximum Gasteiger partial charge on any atom is 0.243 e. The Morgan fingerprint density at radius 1 is 1.00 bits per heavy atom. The molecule has 30 heavy (non-hydrogen) atoms. The van der Waals surface area contributed by atoms with Gasteiger partial charge in [-0.15, -0.1) is 0 Å². The van der Waals surface area contributed by atoms with Crippen molar-refractivity contribution in [1.82, 2.24) is 14.4 Å². The van der Waals surface area contributed by atoms with E-state index in [1.807, 2.05) is 0 Å². The lowest BCUT2D eigenvalue weighted by Crippen LogP contribution is -2.26. The number of nitrogens with zero attached hydrogens (tertiary/aromatic N) is 3. The minimum Gasteiger partial charge on any atom is -0.496 e. The predicted molar refractivity (Wildman–Crippen MR) is 112 cm³/mol. The summed E-state index contributed by atoms with van der Waals surface area (Å²) in [6, 6.07) is 9.72. The van der Waals surface area contributed by atoms with E-state index in [4.69, 9.17) is 18.7 Å². The average Bonchev–Trinajstić information content (AvgIpc) is 3.21. The van der Waals surface area contributed by atoms with Gasteiger partial charge in [0.25, 0.3) is 0 Å². The summed E-state index contributed by atoms with van der Waals surface area (Å²) >= 11 is 3.30. The second-order valence-electron chi connectivity index (χ2n) is 6.14. The third-order valence-electron chi connectivity index (χ3n) is 4.30. The van der Waals surface area contributed by atoms with E-state index in [1.54, 1.807) is 31.4 Å². The first-order valence-corrected chi connectivity index (χ1v) is 10.9. The zero-order chi connectivity index (χ0) is 21.9. The lowest BCUT2D eigenvalue weighted by Gasteiger charge is -2.15. The second kappa shape index (κ2) is 9.02. The minimum atomic E-state index is -3.78. The number of ether oxygens (including phenoxy) is 3. The van der Waals surface area contributed by atoms with Crippen LogP contribution in [0.3, 0.4) is 0 Å². The molecule has 1 aromatic heterocycles. The lowest BCUT2D eigenvalue weighted by atomic mass is 10.2. The Kier molecular flexibility index (Phi) is 6.64. The number of hydrogen-bond donors (Lipinski definition) is 0. The van der Waals surface area contributed by atoms with Gasteiger partial charge in [0.2, 0.25) is 21.7 Å². The number of rotatable bonds is 8. The van der Waals surface area contributed by atoms with Crippen LogP contribution < -0.4 is 14.2 Å². The Morgan fingerprint density at radius 2 is 1.67 bits per heavy atom. The molecule has 9 nitrogen and oxygen atoms in total. The fourth-order valence-electron chi connectivity index (χ4n) is 2.67. The van der Waals surface area contributed by atoms with E-state index in [2.05, 4.69) is 26.1 Å². The number of methoxy groups -OCH3 is 3. The van der Waals surface area contributed by atoms with E-state index in [9.17, 15) is 8.42 Å². The average molecular weight is 498 g/mol. The first-order valence-electron chi connectivity index (χ1n) is 8.65. The van der Waals surface area contributed by atoms with Gasteiger partial charge in [-0.25, -0.2) is 8.42 Å². The van der Waals surface area contributed by atoms with Gasteiger partial charge in [0.1, 0.15) is 5.75 Å². The largest absolute Gasteiger partial charge is 0.496 e. The normalized spacial score (nSPS) is 11.5. The highest BCUT2D eigenvalue weighted by molar-refractivity contribution is 9.10. The van der Waals surface area contributed by atoms with E-state index in [-0.39, 0.29) is 17.3 Å². The topological polar surface area (TPSA) is 104 Å². The lowest BCUT2D eigenvalue weighted by molar-refractivity contribution is 0.336. The van der Waals surface area contributed by atoms with Gasteiger partial charge in [-0.05, 0) is 52.3 Å². The van der Waals surface area contributed by atoms with Crippen LogP contribution in [0.5, 0.6) is 17.2 Å². The van der Waals surface area contributed by atoms with Gasteiger partial charge in [0, 0.05) is 12.6 Å². The monoisotopic (exact) mass is 497 g/mol. The number of aromatic nitrogens is 2. The highest BCUT2D eigenvalue weighted by atomic mass is 79.9. The summed E-state index contributed by atoms with van der Waals surface area (Å²) in [5, 5.41) is 3.93. The van der Waals surface area contributed by atoms with Gasteiger partial charge < -0.3 is 18.7 Å². The van der Waals surface area contributed by atoms with Crippen LogP contribution >= 0.6 is 15.9 Å². The van der Waals surface area contributed by atoms with Gasteiger partial charge in [-0.3, -0.25) is 0 Å². The molecule has 0 fully saturated rings. The van der Waals surface area contributed by atoms with Gasteiger partial charge in [0.05, 0.1) is 37.2 Å². The van der Waals surface area contributed by atoms with Crippen LogP contribution in [0.4, 0.5) is 0 Å². The Bertz CT molecular complexity index is 1150. The molecule has 0 aliphatic rings. The SMILES string of the molecule is COc1ccc(S(=O)(=O)N(C)Cc2nc(-c3ccc(OC)c(OC)c3)no2)cc1Br. The van der Waals surface area contributed by atoms with Crippen LogP contribution in [0.1, 0.15) is 5.89 Å². The summed E-state index contributed by atoms with van der Waals surface area (Å²) in [6.45, 7) is -0.0910. The van der Waals surface area contributed by atoms with Gasteiger partial charge in [-0.1, -0.05) is 5.16 Å². The number of sulfonamides is 1. The third kappa shape index (κ3) is 4.42. The van der Waals surface area contributed by atoms with Crippen molar-refractivity contribution in [2.45, 2.75) is 11.4 Å². The molecule has 1 heterocycles. The van der Waals surface area contributed by atoms with Crippen LogP contribution in [-0.4, -0.2) is 51.2 Å². The Hall–Kier alpha value is -2.63. The maximum atomic E-state index is 12.9. The van der Waals surface area contributed by atoms with Crippen molar-refractivity contribution in [2.24, 2.45) is 0 Å². The Morgan fingerprint density at radius 3 is 2.30 bits per heavy atom. The molecular weight excluding hydrogens is 478 g/mol. The van der Waals surface area contributed by atoms with E-state index >= 15 is 0 Å². The fourth-order valence-corrected chi connectivity index (χ4v) is 4.51. The summed E-state index contributed by atoms with van der Waals surface area (Å²) in [6.07, 6.45) is 0. The molecule has 0 atom stereocenters. The van der Waals surface area contributed by atoms with Crippen molar-refractivity contribution in [3.8, 4) is 28.6 Å². The molecule has 0 saturated carbocycles. The summed E-state index contributed by atoms with van der Waals surface area (Å²) in [5.74, 6) is 2.09. The van der Waals surface area contributed by atoms with Crippen molar-refractivity contribution in [3.05, 3.63) is 46.8 Å². The molecule has 0 unspecified atom stereocenters. The van der Waals surface area contributed by atoms with Crippen LogP contribution in [0.25, 0.3) is 11.4 Å². The van der Waals surface area contributed by atoms with Gasteiger partial charge in [-0.2, -0.15) is 9.29 Å². The van der Waals surface area contributed by atoms with Crippen LogP contribution in [0, 0.1) is 0 Å². The van der Waals surface area contributed by atoms with E-state index < -0.39 is 10.0 Å². The van der Waals surface area contributed by atoms with Crippen molar-refractivity contribution in [2.75, 3.05) is 28.4 Å². The predicted octanol–water partition coefficient (Wildman–Crippen LogP) is 3.35. The first-order chi connectivity index (χ1) is 14.3. The van der Waals surface area contributed by atoms with E-state index in [1.165, 1.54) is 33.4 Å². The quantitative estimate of drug-likeness (QED) is 0.466. The highest BCUT2D eigenvalue weighted by Gasteiger charge is 2.24. The van der Waals surface area contributed by atoms with E-state index in [0.717, 1.165) is 4.31 Å². The summed E-state index contributed by atoms with van der Waals surface area (Å²) in [4.78, 5) is 4.40. The Balaban J connectivity index is 1.80. The van der Waals surface area contributed by atoms with Crippen LogP contribution in [0.2, 0.25) is 0 Å². The van der Waals surface area contributed by atoms with Crippen LogP contribution in [-0.2, 0) is 16.6 Å². The smallest absolute Gasteiger partial charge is 0.243 e. The van der Waals surface area contributed by atoms with E-state index in [0.29, 0.717) is 33.1 Å². The molecule has 11 heteroatoms. The summed E-state index contributed by atoms with van der Waals surface area (Å²) < 4.78 is 48.3. The molecule has 0 aliphatic heterocycles. The van der Waals surface area contributed by atoms with Gasteiger partial charge >= 0.3 is 0 Å². The summed E-state index contributed by atoms with van der Waals surface area (Å²) in [5.41, 5.74) is 0.646. The molecule has 3 rings (SSSR count). The molecule has 0 spiro atoms. The molecule has 3 aromatic rings.